The number of sulfonamides is 1. The average Bonchev–Trinajstić information content (AvgIpc) is 2.81. The molecule has 10 heteroatoms. The van der Waals surface area contributed by atoms with Gasteiger partial charge in [0.15, 0.2) is 0 Å². The highest BCUT2D eigenvalue weighted by atomic mass is 79.9. The number of nitrogens with one attached hydrogen (secondary N) is 1. The Kier molecular flexibility index (Phi) is 10.6. The fourth-order valence-corrected chi connectivity index (χ4v) is 4.60. The molecule has 1 N–H and O–H groups in total. The van der Waals surface area contributed by atoms with Crippen molar-refractivity contribution < 1.29 is 22.7 Å². The Morgan fingerprint density at radius 2 is 1.66 bits per heavy atom. The molecule has 2 amide bonds. The third-order valence-electron chi connectivity index (χ3n) is 5.38. The summed E-state index contributed by atoms with van der Waals surface area (Å²) in [6, 6.07) is 13.1. The Hall–Kier alpha value is -2.59. The van der Waals surface area contributed by atoms with Crippen molar-refractivity contribution in [1.82, 2.24) is 10.2 Å². The molecule has 2 aromatic rings. The molecule has 8 nitrogen and oxygen atoms in total. The minimum Gasteiger partial charge on any atom is -0.497 e. The maximum atomic E-state index is 13.6. The highest BCUT2D eigenvalue weighted by Gasteiger charge is 2.31. The van der Waals surface area contributed by atoms with Crippen LogP contribution < -0.4 is 14.4 Å². The molecule has 2 rings (SSSR count). The largest absolute Gasteiger partial charge is 0.497 e. The van der Waals surface area contributed by atoms with Gasteiger partial charge < -0.3 is 15.0 Å². The van der Waals surface area contributed by atoms with E-state index in [0.717, 1.165) is 20.6 Å². The van der Waals surface area contributed by atoms with E-state index < -0.39 is 28.5 Å². The summed E-state index contributed by atoms with van der Waals surface area (Å²) in [6.45, 7) is 6.01. The van der Waals surface area contributed by atoms with Crippen LogP contribution in [-0.2, 0) is 26.2 Å². The van der Waals surface area contributed by atoms with Crippen molar-refractivity contribution in [2.45, 2.75) is 39.8 Å². The monoisotopic (exact) mass is 567 g/mol. The highest BCUT2D eigenvalue weighted by Crippen LogP contribution is 2.22. The molecule has 0 spiro atoms. The summed E-state index contributed by atoms with van der Waals surface area (Å²) in [5.41, 5.74) is 1.16. The summed E-state index contributed by atoms with van der Waals surface area (Å²) in [7, 11) is -2.19. The average molecular weight is 569 g/mol. The maximum absolute atomic E-state index is 13.6. The predicted octanol–water partition coefficient (Wildman–Crippen LogP) is 3.80. The first-order chi connectivity index (χ1) is 16.5. The van der Waals surface area contributed by atoms with Crippen molar-refractivity contribution in [2.75, 3.05) is 30.8 Å². The molecular weight excluding hydrogens is 534 g/mol. The van der Waals surface area contributed by atoms with E-state index in [0.29, 0.717) is 24.4 Å². The summed E-state index contributed by atoms with van der Waals surface area (Å²) < 4.78 is 32.3. The number of nitrogens with zero attached hydrogens (tertiary/aromatic N) is 2. The summed E-state index contributed by atoms with van der Waals surface area (Å²) in [4.78, 5) is 28.1. The second-order valence-electron chi connectivity index (χ2n) is 8.68. The molecular formula is C25H34BrN3O5S. The number of benzene rings is 2. The van der Waals surface area contributed by atoms with E-state index in [4.69, 9.17) is 4.74 Å². The van der Waals surface area contributed by atoms with E-state index in [1.807, 2.05) is 32.9 Å². The normalized spacial score (nSPS) is 12.2. The lowest BCUT2D eigenvalue weighted by atomic mass is 10.1. The van der Waals surface area contributed by atoms with E-state index in [9.17, 15) is 18.0 Å². The number of halogens is 1. The van der Waals surface area contributed by atoms with Crippen molar-refractivity contribution in [1.29, 1.82) is 0 Å². The number of amides is 2. The van der Waals surface area contributed by atoms with Gasteiger partial charge >= 0.3 is 0 Å². The summed E-state index contributed by atoms with van der Waals surface area (Å²) in [5.74, 6) is 0.186. The molecule has 1 unspecified atom stereocenters. The third kappa shape index (κ3) is 8.54. The van der Waals surface area contributed by atoms with Gasteiger partial charge in [0.25, 0.3) is 0 Å². The lowest BCUT2D eigenvalue weighted by molar-refractivity contribution is -0.140. The van der Waals surface area contributed by atoms with Gasteiger partial charge in [-0.1, -0.05) is 48.8 Å². The first-order valence-electron chi connectivity index (χ1n) is 11.4. The molecule has 2 aromatic carbocycles. The lowest BCUT2D eigenvalue weighted by Gasteiger charge is -2.33. The Morgan fingerprint density at radius 3 is 2.14 bits per heavy atom. The summed E-state index contributed by atoms with van der Waals surface area (Å²) >= 11 is 3.34. The van der Waals surface area contributed by atoms with Gasteiger partial charge in [-0.25, -0.2) is 8.42 Å². The minimum absolute atomic E-state index is 0.147. The third-order valence-corrected chi connectivity index (χ3v) is 7.05. The number of hydrogen-bond donors (Lipinski definition) is 1. The van der Waals surface area contributed by atoms with Crippen molar-refractivity contribution in [3.05, 3.63) is 58.6 Å². The number of methoxy groups -OCH3 is 1. The van der Waals surface area contributed by atoms with Gasteiger partial charge in [0.05, 0.1) is 19.1 Å². The predicted molar refractivity (Wildman–Crippen MR) is 142 cm³/mol. The van der Waals surface area contributed by atoms with Crippen LogP contribution in [0, 0.1) is 5.92 Å². The van der Waals surface area contributed by atoms with Crippen molar-refractivity contribution in [2.24, 2.45) is 5.92 Å². The second kappa shape index (κ2) is 12.9. The molecule has 0 bridgehead atoms. The van der Waals surface area contributed by atoms with Gasteiger partial charge in [-0.15, -0.1) is 0 Å². The van der Waals surface area contributed by atoms with Crippen LogP contribution in [0.1, 0.15) is 32.8 Å². The van der Waals surface area contributed by atoms with Gasteiger partial charge in [-0.3, -0.25) is 13.9 Å². The fraction of sp³-hybridized carbons (Fsp3) is 0.440. The van der Waals surface area contributed by atoms with Crippen LogP contribution in [0.3, 0.4) is 0 Å². The number of carbonyl (C=O) groups excluding carboxylic acids is 2. The maximum Gasteiger partial charge on any atom is 0.244 e. The summed E-state index contributed by atoms with van der Waals surface area (Å²) in [5, 5.41) is 2.90. The zero-order valence-electron chi connectivity index (χ0n) is 20.8. The van der Waals surface area contributed by atoms with Crippen LogP contribution in [0.2, 0.25) is 0 Å². The molecule has 0 fully saturated rings. The molecule has 0 saturated carbocycles. The van der Waals surface area contributed by atoms with E-state index in [-0.39, 0.29) is 18.4 Å². The highest BCUT2D eigenvalue weighted by molar-refractivity contribution is 9.10. The van der Waals surface area contributed by atoms with Crippen LogP contribution in [-0.4, -0.2) is 57.6 Å². The fourth-order valence-electron chi connectivity index (χ4n) is 3.49. The minimum atomic E-state index is -3.76. The van der Waals surface area contributed by atoms with Crippen LogP contribution in [0.5, 0.6) is 5.75 Å². The number of hydrogen-bond acceptors (Lipinski definition) is 5. The molecule has 0 aliphatic carbocycles. The second-order valence-corrected chi connectivity index (χ2v) is 11.5. The number of rotatable bonds is 12. The topological polar surface area (TPSA) is 96.0 Å². The number of anilines is 1. The lowest BCUT2D eigenvalue weighted by Crippen LogP contribution is -2.52. The molecule has 35 heavy (non-hydrogen) atoms. The number of ether oxygens (including phenoxy) is 1. The molecule has 0 aromatic heterocycles. The van der Waals surface area contributed by atoms with E-state index in [2.05, 4.69) is 21.2 Å². The first-order valence-corrected chi connectivity index (χ1v) is 14.0. The van der Waals surface area contributed by atoms with Gasteiger partial charge in [0.1, 0.15) is 18.3 Å². The van der Waals surface area contributed by atoms with E-state index in [1.54, 1.807) is 43.5 Å². The molecule has 0 radical (unpaired) electrons. The molecule has 192 valence electrons. The van der Waals surface area contributed by atoms with Gasteiger partial charge in [-0.2, -0.15) is 0 Å². The van der Waals surface area contributed by atoms with Crippen LogP contribution in [0.4, 0.5) is 5.69 Å². The van der Waals surface area contributed by atoms with Gasteiger partial charge in [0, 0.05) is 17.6 Å². The first kappa shape index (κ1) is 28.6. The van der Waals surface area contributed by atoms with Crippen LogP contribution >= 0.6 is 15.9 Å². The zero-order valence-corrected chi connectivity index (χ0v) is 23.2. The van der Waals surface area contributed by atoms with E-state index in [1.165, 1.54) is 4.90 Å². The molecule has 0 saturated heterocycles. The van der Waals surface area contributed by atoms with Crippen molar-refractivity contribution >= 4 is 43.5 Å². The Balaban J connectivity index is 2.40. The van der Waals surface area contributed by atoms with Crippen molar-refractivity contribution in [3.8, 4) is 5.75 Å². The zero-order chi connectivity index (χ0) is 26.2. The smallest absolute Gasteiger partial charge is 0.244 e. The standard InChI is InChI=1S/C25H34BrN3O5S/c1-6-23(25(31)27-15-18(2)3)28(16-19-7-13-22(34-4)14-8-19)24(30)17-29(35(5,32)33)21-11-9-20(26)10-12-21/h7-14,18,23H,6,15-17H2,1-5H3,(H,27,31). The van der Waals surface area contributed by atoms with Gasteiger partial charge in [0.2, 0.25) is 21.8 Å². The molecule has 0 aliphatic heterocycles. The quantitative estimate of drug-likeness (QED) is 0.420. The molecule has 1 atom stereocenters. The Labute approximate surface area is 216 Å². The Bertz CT molecular complexity index is 1090. The Morgan fingerprint density at radius 1 is 1.06 bits per heavy atom. The van der Waals surface area contributed by atoms with Crippen LogP contribution in [0.25, 0.3) is 0 Å². The SMILES string of the molecule is CCC(C(=O)NCC(C)C)N(Cc1ccc(OC)cc1)C(=O)CN(c1ccc(Br)cc1)S(C)(=O)=O. The van der Waals surface area contributed by atoms with Crippen LogP contribution in [0.15, 0.2) is 53.0 Å². The molecule has 0 aliphatic rings. The number of carbonyl (C=O) groups is 2. The van der Waals surface area contributed by atoms with Gasteiger partial charge in [-0.05, 0) is 54.3 Å². The van der Waals surface area contributed by atoms with E-state index >= 15 is 0 Å². The summed E-state index contributed by atoms with van der Waals surface area (Å²) in [6.07, 6.45) is 1.44. The molecule has 0 heterocycles. The van der Waals surface area contributed by atoms with Crippen molar-refractivity contribution in [3.63, 3.8) is 0 Å².